The first-order valence-corrected chi connectivity index (χ1v) is 5.96. The SMILES string of the molecule is ON/C=N/c1cc(C2CC2)nn1-c1ccccc1. The van der Waals surface area contributed by atoms with Gasteiger partial charge in [0.25, 0.3) is 0 Å². The molecule has 18 heavy (non-hydrogen) atoms. The van der Waals surface area contributed by atoms with Crippen molar-refractivity contribution in [3.63, 3.8) is 0 Å². The molecule has 1 aromatic heterocycles. The van der Waals surface area contributed by atoms with Crippen LogP contribution < -0.4 is 5.48 Å². The largest absolute Gasteiger partial charge is 0.290 e. The molecule has 1 aliphatic rings. The Labute approximate surface area is 105 Å². The van der Waals surface area contributed by atoms with Crippen LogP contribution in [0.4, 0.5) is 5.82 Å². The average Bonchev–Trinajstić information content (AvgIpc) is 3.18. The summed E-state index contributed by atoms with van der Waals surface area (Å²) in [6.07, 6.45) is 3.65. The molecule has 1 aromatic carbocycles. The fourth-order valence-electron chi connectivity index (χ4n) is 1.91. The molecule has 5 heteroatoms. The summed E-state index contributed by atoms with van der Waals surface area (Å²) in [5, 5.41) is 13.2. The Morgan fingerprint density at radius 3 is 2.78 bits per heavy atom. The zero-order chi connectivity index (χ0) is 12.4. The van der Waals surface area contributed by atoms with Gasteiger partial charge in [-0.05, 0) is 25.0 Å². The number of hydrogen-bond acceptors (Lipinski definition) is 3. The van der Waals surface area contributed by atoms with Gasteiger partial charge in [-0.3, -0.25) is 10.7 Å². The van der Waals surface area contributed by atoms with Crippen molar-refractivity contribution in [3.05, 3.63) is 42.1 Å². The normalized spacial score (nSPS) is 15.2. The highest BCUT2D eigenvalue weighted by molar-refractivity contribution is 5.59. The Morgan fingerprint density at radius 2 is 2.11 bits per heavy atom. The predicted octanol–water partition coefficient (Wildman–Crippen LogP) is 2.39. The number of para-hydroxylation sites is 1. The fourth-order valence-corrected chi connectivity index (χ4v) is 1.91. The number of nitrogens with zero attached hydrogens (tertiary/aromatic N) is 3. The Bertz CT molecular complexity index is 558. The molecule has 0 aliphatic heterocycles. The van der Waals surface area contributed by atoms with Crippen LogP contribution in [0.3, 0.4) is 0 Å². The van der Waals surface area contributed by atoms with Gasteiger partial charge in [0.1, 0.15) is 6.34 Å². The second-order valence-electron chi connectivity index (χ2n) is 4.34. The molecule has 0 bridgehead atoms. The zero-order valence-electron chi connectivity index (χ0n) is 9.82. The number of benzene rings is 1. The molecule has 1 heterocycles. The summed E-state index contributed by atoms with van der Waals surface area (Å²) in [5.41, 5.74) is 3.96. The van der Waals surface area contributed by atoms with Crippen LogP contribution in [0.25, 0.3) is 5.69 Å². The van der Waals surface area contributed by atoms with Crippen LogP contribution in [-0.4, -0.2) is 21.3 Å². The van der Waals surface area contributed by atoms with Crippen LogP contribution >= 0.6 is 0 Å². The second kappa shape index (κ2) is 4.62. The van der Waals surface area contributed by atoms with E-state index in [1.54, 1.807) is 4.68 Å². The molecule has 1 fully saturated rings. The third kappa shape index (κ3) is 2.12. The minimum atomic E-state index is 0.575. The maximum Gasteiger partial charge on any atom is 0.157 e. The summed E-state index contributed by atoms with van der Waals surface area (Å²) in [7, 11) is 0. The van der Waals surface area contributed by atoms with Crippen LogP contribution in [0.15, 0.2) is 41.4 Å². The van der Waals surface area contributed by atoms with Crippen LogP contribution in [0.5, 0.6) is 0 Å². The van der Waals surface area contributed by atoms with Gasteiger partial charge in [-0.1, -0.05) is 18.2 Å². The smallest absolute Gasteiger partial charge is 0.157 e. The Kier molecular flexibility index (Phi) is 2.82. The first-order valence-electron chi connectivity index (χ1n) is 5.96. The highest BCUT2D eigenvalue weighted by Crippen LogP contribution is 2.40. The van der Waals surface area contributed by atoms with E-state index in [2.05, 4.69) is 10.1 Å². The summed E-state index contributed by atoms with van der Waals surface area (Å²) in [6.45, 7) is 0. The standard InChI is InChI=1S/C13H14N4O/c18-15-9-14-13-8-12(10-6-7-10)16-17(13)11-4-2-1-3-5-11/h1-5,8-10,18H,6-7H2,(H,14,15). The van der Waals surface area contributed by atoms with Crippen molar-refractivity contribution in [2.45, 2.75) is 18.8 Å². The van der Waals surface area contributed by atoms with Crippen molar-refractivity contribution in [1.82, 2.24) is 15.3 Å². The first kappa shape index (κ1) is 11.0. The van der Waals surface area contributed by atoms with E-state index < -0.39 is 0 Å². The molecule has 0 spiro atoms. The van der Waals surface area contributed by atoms with Crippen molar-refractivity contribution < 1.29 is 5.21 Å². The van der Waals surface area contributed by atoms with Crippen molar-refractivity contribution in [3.8, 4) is 5.69 Å². The minimum Gasteiger partial charge on any atom is -0.290 e. The van der Waals surface area contributed by atoms with E-state index in [-0.39, 0.29) is 0 Å². The number of aliphatic imine (C=N–C) groups is 1. The molecule has 0 unspecified atom stereocenters. The number of hydroxylamine groups is 1. The maximum absolute atomic E-state index is 8.59. The summed E-state index contributed by atoms with van der Waals surface area (Å²) >= 11 is 0. The molecule has 3 rings (SSSR count). The quantitative estimate of drug-likeness (QED) is 0.491. The lowest BCUT2D eigenvalue weighted by Gasteiger charge is -2.02. The summed E-state index contributed by atoms with van der Waals surface area (Å²) in [4.78, 5) is 4.15. The van der Waals surface area contributed by atoms with Crippen LogP contribution in [0.2, 0.25) is 0 Å². The summed E-state index contributed by atoms with van der Waals surface area (Å²) in [6, 6.07) is 11.8. The highest BCUT2D eigenvalue weighted by atomic mass is 16.5. The van der Waals surface area contributed by atoms with Gasteiger partial charge in [0.15, 0.2) is 5.82 Å². The molecule has 92 valence electrons. The van der Waals surface area contributed by atoms with Gasteiger partial charge in [-0.15, -0.1) is 0 Å². The lowest BCUT2D eigenvalue weighted by atomic mass is 10.3. The van der Waals surface area contributed by atoms with Crippen molar-refractivity contribution >= 4 is 12.2 Å². The monoisotopic (exact) mass is 242 g/mol. The van der Waals surface area contributed by atoms with Crippen molar-refractivity contribution in [2.75, 3.05) is 0 Å². The molecule has 0 radical (unpaired) electrons. The van der Waals surface area contributed by atoms with E-state index in [4.69, 9.17) is 5.21 Å². The molecule has 2 N–H and O–H groups in total. The van der Waals surface area contributed by atoms with Crippen molar-refractivity contribution in [1.29, 1.82) is 0 Å². The average molecular weight is 242 g/mol. The molecular formula is C13H14N4O. The fraction of sp³-hybridized carbons (Fsp3) is 0.231. The van der Waals surface area contributed by atoms with Crippen molar-refractivity contribution in [2.24, 2.45) is 4.99 Å². The molecular weight excluding hydrogens is 228 g/mol. The van der Waals surface area contributed by atoms with E-state index in [9.17, 15) is 0 Å². The highest BCUT2D eigenvalue weighted by Gasteiger charge is 2.27. The Hall–Kier alpha value is -2.14. The molecule has 1 aliphatic carbocycles. The third-order valence-electron chi connectivity index (χ3n) is 2.96. The molecule has 2 aromatic rings. The van der Waals surface area contributed by atoms with E-state index in [1.165, 1.54) is 19.2 Å². The number of aromatic nitrogens is 2. The molecule has 0 saturated heterocycles. The zero-order valence-corrected chi connectivity index (χ0v) is 9.82. The van der Waals surface area contributed by atoms with Gasteiger partial charge in [0.05, 0.1) is 11.4 Å². The topological polar surface area (TPSA) is 62.4 Å². The second-order valence-corrected chi connectivity index (χ2v) is 4.34. The van der Waals surface area contributed by atoms with E-state index in [0.717, 1.165) is 11.4 Å². The number of nitrogens with one attached hydrogen (secondary N) is 1. The first-order chi connectivity index (χ1) is 8.88. The van der Waals surface area contributed by atoms with Gasteiger partial charge in [-0.25, -0.2) is 9.67 Å². The molecule has 0 amide bonds. The Morgan fingerprint density at radius 1 is 1.33 bits per heavy atom. The third-order valence-corrected chi connectivity index (χ3v) is 2.96. The molecule has 1 saturated carbocycles. The van der Waals surface area contributed by atoms with Gasteiger partial charge in [-0.2, -0.15) is 5.10 Å². The number of hydrogen-bond donors (Lipinski definition) is 2. The van der Waals surface area contributed by atoms with Crippen LogP contribution in [-0.2, 0) is 0 Å². The van der Waals surface area contributed by atoms with Crippen LogP contribution in [0, 0.1) is 0 Å². The van der Waals surface area contributed by atoms with E-state index in [1.807, 2.05) is 41.9 Å². The lowest BCUT2D eigenvalue weighted by Crippen LogP contribution is -2.02. The lowest BCUT2D eigenvalue weighted by molar-refractivity contribution is 0.240. The Balaban J connectivity index is 2.02. The molecule has 5 nitrogen and oxygen atoms in total. The van der Waals surface area contributed by atoms with E-state index in [0.29, 0.717) is 11.7 Å². The molecule has 0 atom stereocenters. The summed E-state index contributed by atoms with van der Waals surface area (Å²) < 4.78 is 1.79. The summed E-state index contributed by atoms with van der Waals surface area (Å²) in [5.74, 6) is 1.29. The van der Waals surface area contributed by atoms with Gasteiger partial charge in [0, 0.05) is 12.0 Å². The predicted molar refractivity (Wildman–Crippen MR) is 68.6 cm³/mol. The maximum atomic E-state index is 8.59. The van der Waals surface area contributed by atoms with E-state index >= 15 is 0 Å². The van der Waals surface area contributed by atoms with Gasteiger partial charge in [0.2, 0.25) is 0 Å². The van der Waals surface area contributed by atoms with Crippen LogP contribution in [0.1, 0.15) is 24.5 Å². The van der Waals surface area contributed by atoms with Gasteiger partial charge >= 0.3 is 0 Å². The minimum absolute atomic E-state index is 0.575. The number of rotatable bonds is 4. The van der Waals surface area contributed by atoms with Gasteiger partial charge < -0.3 is 0 Å².